The summed E-state index contributed by atoms with van der Waals surface area (Å²) < 4.78 is 63.6. The summed E-state index contributed by atoms with van der Waals surface area (Å²) in [5.74, 6) is 0. The van der Waals surface area contributed by atoms with Crippen molar-refractivity contribution in [3.05, 3.63) is 52.9 Å². The van der Waals surface area contributed by atoms with Crippen molar-refractivity contribution in [2.75, 3.05) is 0 Å². The quantitative estimate of drug-likeness (QED) is 0.939. The zero-order valence-corrected chi connectivity index (χ0v) is 11.6. The second-order valence-electron chi connectivity index (χ2n) is 3.95. The van der Waals surface area contributed by atoms with E-state index >= 15 is 0 Å². The Balaban J connectivity index is 2.12. The first-order chi connectivity index (χ1) is 9.29. The van der Waals surface area contributed by atoms with Gasteiger partial charge in [-0.05, 0) is 23.1 Å². The number of halogens is 3. The van der Waals surface area contributed by atoms with E-state index in [0.717, 1.165) is 23.5 Å². The highest BCUT2D eigenvalue weighted by Gasteiger charge is 2.30. The number of hydrogen-bond donors (Lipinski definition) is 1. The highest BCUT2D eigenvalue weighted by atomic mass is 32.2. The van der Waals surface area contributed by atoms with Gasteiger partial charge in [-0.3, -0.25) is 0 Å². The Morgan fingerprint density at radius 3 is 2.50 bits per heavy atom. The Hall–Kier alpha value is -1.38. The number of sulfonamides is 1. The maximum Gasteiger partial charge on any atom is 0.416 e. The Morgan fingerprint density at radius 1 is 1.15 bits per heavy atom. The lowest BCUT2D eigenvalue weighted by Gasteiger charge is -2.09. The molecule has 0 aliphatic rings. The molecule has 0 aliphatic carbocycles. The van der Waals surface area contributed by atoms with Crippen molar-refractivity contribution in [2.45, 2.75) is 16.9 Å². The summed E-state index contributed by atoms with van der Waals surface area (Å²) in [5, 5.41) is 1.61. The van der Waals surface area contributed by atoms with Crippen LogP contribution in [-0.2, 0) is 22.7 Å². The molecular formula is C12H10F3NO2S2. The average Bonchev–Trinajstić information content (AvgIpc) is 2.90. The summed E-state index contributed by atoms with van der Waals surface area (Å²) in [6, 6.07) is 7.57. The minimum Gasteiger partial charge on any atom is -0.206 e. The molecule has 0 saturated heterocycles. The van der Waals surface area contributed by atoms with Crippen LogP contribution in [0, 0.1) is 0 Å². The molecule has 108 valence electrons. The molecular weight excluding hydrogens is 311 g/mol. The van der Waals surface area contributed by atoms with Gasteiger partial charge in [-0.25, -0.2) is 13.1 Å². The summed E-state index contributed by atoms with van der Waals surface area (Å²) in [5.41, 5.74) is -0.551. The Kier molecular flexibility index (Phi) is 4.17. The third-order valence-electron chi connectivity index (χ3n) is 2.48. The van der Waals surface area contributed by atoms with E-state index < -0.39 is 21.8 Å². The van der Waals surface area contributed by atoms with Crippen LogP contribution in [0.2, 0.25) is 0 Å². The highest BCUT2D eigenvalue weighted by molar-refractivity contribution is 7.91. The maximum absolute atomic E-state index is 12.5. The van der Waals surface area contributed by atoms with Crippen molar-refractivity contribution in [1.82, 2.24) is 4.72 Å². The monoisotopic (exact) mass is 321 g/mol. The van der Waals surface area contributed by atoms with Crippen LogP contribution in [0.15, 0.2) is 46.0 Å². The summed E-state index contributed by atoms with van der Waals surface area (Å²) in [6.07, 6.45) is -4.44. The smallest absolute Gasteiger partial charge is 0.206 e. The molecule has 2 aromatic rings. The molecule has 1 N–H and O–H groups in total. The number of hydrogen-bond acceptors (Lipinski definition) is 3. The molecule has 3 nitrogen and oxygen atoms in total. The first-order valence-corrected chi connectivity index (χ1v) is 7.84. The Morgan fingerprint density at radius 2 is 1.90 bits per heavy atom. The molecule has 8 heteroatoms. The van der Waals surface area contributed by atoms with E-state index in [0.29, 0.717) is 0 Å². The van der Waals surface area contributed by atoms with Gasteiger partial charge in [0.25, 0.3) is 0 Å². The molecule has 0 bridgehead atoms. The molecule has 1 aromatic carbocycles. The van der Waals surface area contributed by atoms with E-state index in [1.807, 2.05) is 0 Å². The van der Waals surface area contributed by atoms with Crippen molar-refractivity contribution < 1.29 is 21.6 Å². The van der Waals surface area contributed by atoms with E-state index in [-0.39, 0.29) is 16.3 Å². The molecule has 0 fully saturated rings. The van der Waals surface area contributed by atoms with Crippen molar-refractivity contribution in [3.63, 3.8) is 0 Å². The number of alkyl halides is 3. The average molecular weight is 321 g/mol. The molecule has 0 aliphatic heterocycles. The molecule has 0 atom stereocenters. The maximum atomic E-state index is 12.5. The van der Waals surface area contributed by atoms with E-state index in [1.54, 1.807) is 11.4 Å². The van der Waals surface area contributed by atoms with Crippen LogP contribution in [0.1, 0.15) is 11.1 Å². The predicted octanol–water partition coefficient (Wildman–Crippen LogP) is 3.25. The molecule has 0 unspecified atom stereocenters. The summed E-state index contributed by atoms with van der Waals surface area (Å²) in [6.45, 7) is -0.190. The first kappa shape index (κ1) is 15.0. The molecule has 20 heavy (non-hydrogen) atoms. The van der Waals surface area contributed by atoms with Gasteiger partial charge in [-0.2, -0.15) is 13.2 Å². The van der Waals surface area contributed by atoms with E-state index in [1.165, 1.54) is 18.2 Å². The number of thiophene rings is 1. The van der Waals surface area contributed by atoms with Crippen LogP contribution in [-0.4, -0.2) is 8.42 Å². The van der Waals surface area contributed by atoms with E-state index in [4.69, 9.17) is 0 Å². The fourth-order valence-electron chi connectivity index (χ4n) is 1.52. The van der Waals surface area contributed by atoms with Crippen molar-refractivity contribution >= 4 is 21.4 Å². The zero-order valence-electron chi connectivity index (χ0n) is 10.0. The minimum atomic E-state index is -4.44. The fourth-order valence-corrected chi connectivity index (χ4v) is 3.58. The van der Waals surface area contributed by atoms with Gasteiger partial charge in [-0.15, -0.1) is 11.3 Å². The lowest BCUT2D eigenvalue weighted by molar-refractivity contribution is -0.137. The molecule has 0 saturated carbocycles. The number of nitrogens with one attached hydrogen (secondary N) is 1. The standard InChI is InChI=1S/C12H10F3NO2S2/c13-12(14,15)10-4-1-3-9(7-10)8-16-20(17,18)11-5-2-6-19-11/h1-7,16H,8H2. The largest absolute Gasteiger partial charge is 0.416 e. The van der Waals surface area contributed by atoms with Gasteiger partial charge in [0.2, 0.25) is 10.0 Å². The second kappa shape index (κ2) is 5.55. The number of benzene rings is 1. The highest BCUT2D eigenvalue weighted by Crippen LogP contribution is 2.29. The third-order valence-corrected chi connectivity index (χ3v) is 5.28. The summed E-state index contributed by atoms with van der Waals surface area (Å²) in [4.78, 5) is 0. The van der Waals surface area contributed by atoms with Crippen LogP contribution < -0.4 is 4.72 Å². The third kappa shape index (κ3) is 3.59. The fraction of sp³-hybridized carbons (Fsp3) is 0.167. The SMILES string of the molecule is O=S(=O)(NCc1cccc(C(F)(F)F)c1)c1cccs1. The van der Waals surface area contributed by atoms with E-state index in [9.17, 15) is 21.6 Å². The van der Waals surface area contributed by atoms with Crippen molar-refractivity contribution in [3.8, 4) is 0 Å². The molecule has 1 aromatic heterocycles. The molecule has 1 heterocycles. The molecule has 0 amide bonds. The van der Waals surface area contributed by atoms with Crippen molar-refractivity contribution in [1.29, 1.82) is 0 Å². The second-order valence-corrected chi connectivity index (χ2v) is 6.90. The molecule has 0 radical (unpaired) electrons. The van der Waals surface area contributed by atoms with Crippen LogP contribution in [0.25, 0.3) is 0 Å². The first-order valence-electron chi connectivity index (χ1n) is 5.48. The predicted molar refractivity (Wildman–Crippen MR) is 69.8 cm³/mol. The Bertz CT molecular complexity index is 679. The normalized spacial score (nSPS) is 12.6. The van der Waals surface area contributed by atoms with Crippen LogP contribution in [0.3, 0.4) is 0 Å². The van der Waals surface area contributed by atoms with Crippen molar-refractivity contribution in [2.24, 2.45) is 0 Å². The van der Waals surface area contributed by atoms with Gasteiger partial charge in [-0.1, -0.05) is 24.3 Å². The zero-order chi connectivity index (χ0) is 14.8. The van der Waals surface area contributed by atoms with Gasteiger partial charge >= 0.3 is 6.18 Å². The van der Waals surface area contributed by atoms with Crippen LogP contribution in [0.5, 0.6) is 0 Å². The molecule has 2 rings (SSSR count). The van der Waals surface area contributed by atoms with Gasteiger partial charge < -0.3 is 0 Å². The summed E-state index contributed by atoms with van der Waals surface area (Å²) >= 11 is 1.04. The van der Waals surface area contributed by atoms with Gasteiger partial charge in [0, 0.05) is 6.54 Å². The topological polar surface area (TPSA) is 46.2 Å². The minimum absolute atomic E-state index is 0.129. The summed E-state index contributed by atoms with van der Waals surface area (Å²) in [7, 11) is -3.68. The van der Waals surface area contributed by atoms with Gasteiger partial charge in [0.1, 0.15) is 4.21 Å². The van der Waals surface area contributed by atoms with Gasteiger partial charge in [0.15, 0.2) is 0 Å². The van der Waals surface area contributed by atoms with Gasteiger partial charge in [0.05, 0.1) is 5.56 Å². The molecule has 0 spiro atoms. The van der Waals surface area contributed by atoms with Crippen LogP contribution >= 0.6 is 11.3 Å². The lowest BCUT2D eigenvalue weighted by Crippen LogP contribution is -2.22. The Labute approximate surface area is 118 Å². The van der Waals surface area contributed by atoms with Crippen LogP contribution in [0.4, 0.5) is 13.2 Å². The van der Waals surface area contributed by atoms with E-state index in [2.05, 4.69) is 4.72 Å². The number of rotatable bonds is 4. The lowest BCUT2D eigenvalue weighted by atomic mass is 10.1.